The monoisotopic (exact) mass is 448 g/mol. The van der Waals surface area contributed by atoms with Crippen molar-refractivity contribution in [1.82, 2.24) is 0 Å². The van der Waals surface area contributed by atoms with E-state index < -0.39 is 40.1 Å². The fourth-order valence-electron chi connectivity index (χ4n) is 2.76. The zero-order chi connectivity index (χ0) is 22.5. The Bertz CT molecular complexity index is 1100. The number of hydrogen-bond acceptors (Lipinski definition) is 3. The molecule has 0 spiro atoms. The van der Waals surface area contributed by atoms with E-state index in [0.29, 0.717) is 16.1 Å². The van der Waals surface area contributed by atoms with E-state index in [1.165, 1.54) is 6.92 Å². The minimum atomic E-state index is -1.70. The third kappa shape index (κ3) is 5.43. The van der Waals surface area contributed by atoms with Crippen LogP contribution in [-0.4, -0.2) is 11.8 Å². The highest BCUT2D eigenvalue weighted by atomic mass is 32.2. The van der Waals surface area contributed by atoms with Crippen LogP contribution in [0.2, 0.25) is 0 Å². The molecule has 0 heterocycles. The van der Waals surface area contributed by atoms with Gasteiger partial charge in [-0.1, -0.05) is 36.4 Å². The maximum Gasteiger partial charge on any atom is 0.242 e. The quantitative estimate of drug-likeness (QED) is 0.290. The molecule has 3 aromatic carbocycles. The van der Waals surface area contributed by atoms with E-state index in [1.807, 2.05) is 5.32 Å². The third-order valence-corrected chi connectivity index (χ3v) is 5.36. The van der Waals surface area contributed by atoms with Gasteiger partial charge in [-0.3, -0.25) is 9.59 Å². The lowest BCUT2D eigenvalue weighted by Crippen LogP contribution is -2.21. The zero-order valence-corrected chi connectivity index (χ0v) is 16.9. The highest BCUT2D eigenvalue weighted by molar-refractivity contribution is 8.00. The number of carbonyl (C=O) groups is 2. The molecule has 0 saturated carbocycles. The second-order valence-electron chi connectivity index (χ2n) is 6.45. The van der Waals surface area contributed by atoms with Crippen LogP contribution in [0.4, 0.5) is 28.9 Å². The summed E-state index contributed by atoms with van der Waals surface area (Å²) in [5, 5.41) is 3.57. The Morgan fingerprint density at radius 2 is 1.48 bits per heavy atom. The lowest BCUT2D eigenvalue weighted by molar-refractivity contribution is -0.116. The Kier molecular flexibility index (Phi) is 6.96. The van der Waals surface area contributed by atoms with Crippen LogP contribution in [-0.2, 0) is 9.59 Å². The molecule has 31 heavy (non-hydrogen) atoms. The van der Waals surface area contributed by atoms with Crippen molar-refractivity contribution in [3.8, 4) is 0 Å². The molecule has 2 N–H and O–H groups in total. The van der Waals surface area contributed by atoms with E-state index >= 15 is 0 Å². The smallest absolute Gasteiger partial charge is 0.242 e. The minimum absolute atomic E-state index is 0.0667. The molecule has 3 aromatic rings. The number of benzene rings is 3. The summed E-state index contributed by atoms with van der Waals surface area (Å²) >= 11 is 1.03. The van der Waals surface area contributed by atoms with Gasteiger partial charge in [-0.25, -0.2) is 17.6 Å². The molecule has 160 valence electrons. The van der Waals surface area contributed by atoms with Gasteiger partial charge in [-0.05, 0) is 23.8 Å². The molecule has 0 aliphatic carbocycles. The van der Waals surface area contributed by atoms with Gasteiger partial charge >= 0.3 is 0 Å². The summed E-state index contributed by atoms with van der Waals surface area (Å²) in [6.07, 6.45) is 0. The molecule has 1 unspecified atom stereocenters. The van der Waals surface area contributed by atoms with E-state index in [2.05, 4.69) is 5.32 Å². The Balaban J connectivity index is 1.94. The van der Waals surface area contributed by atoms with Crippen LogP contribution >= 0.6 is 11.8 Å². The Morgan fingerprint density at radius 3 is 2.10 bits per heavy atom. The number of nitrogens with one attached hydrogen (secondary N) is 2. The fourth-order valence-corrected chi connectivity index (χ4v) is 3.84. The Labute approximate surface area is 179 Å². The predicted molar refractivity (Wildman–Crippen MR) is 111 cm³/mol. The number of halogens is 4. The van der Waals surface area contributed by atoms with Gasteiger partial charge in [0.1, 0.15) is 10.9 Å². The van der Waals surface area contributed by atoms with E-state index in [-0.39, 0.29) is 12.0 Å². The van der Waals surface area contributed by atoms with Gasteiger partial charge in [0.2, 0.25) is 11.8 Å². The van der Waals surface area contributed by atoms with Crippen molar-refractivity contribution >= 4 is 35.0 Å². The molecule has 2 amide bonds. The Morgan fingerprint density at radius 1 is 0.839 bits per heavy atom. The highest BCUT2D eigenvalue weighted by Crippen LogP contribution is 2.38. The SMILES string of the molecule is CC(=O)Nc1cccc(SC(C(=O)Nc2c(F)c(F)cc(F)c2F)c2ccccc2)c1. The summed E-state index contributed by atoms with van der Waals surface area (Å²) in [7, 11) is 0. The van der Waals surface area contributed by atoms with Crippen molar-refractivity contribution in [3.05, 3.63) is 89.5 Å². The van der Waals surface area contributed by atoms with E-state index in [4.69, 9.17) is 0 Å². The van der Waals surface area contributed by atoms with Gasteiger partial charge in [0.05, 0.1) is 0 Å². The summed E-state index contributed by atoms with van der Waals surface area (Å²) in [6.45, 7) is 1.35. The summed E-state index contributed by atoms with van der Waals surface area (Å²) < 4.78 is 55.1. The van der Waals surface area contributed by atoms with E-state index in [0.717, 1.165) is 11.8 Å². The molecule has 0 aromatic heterocycles. The molecule has 0 bridgehead atoms. The topological polar surface area (TPSA) is 58.2 Å². The zero-order valence-electron chi connectivity index (χ0n) is 16.1. The van der Waals surface area contributed by atoms with E-state index in [9.17, 15) is 27.2 Å². The molecule has 9 heteroatoms. The first-order chi connectivity index (χ1) is 14.8. The summed E-state index contributed by atoms with van der Waals surface area (Å²) in [6, 6.07) is 15.0. The number of anilines is 2. The Hall–Kier alpha value is -3.33. The maximum absolute atomic E-state index is 14.0. The van der Waals surface area contributed by atoms with Crippen LogP contribution in [0.3, 0.4) is 0 Å². The molecule has 1 atom stereocenters. The number of rotatable bonds is 6. The standard InChI is InChI=1S/C22H16F4N2O2S/c1-12(29)27-14-8-5-9-15(10-14)31-21(13-6-3-2-4-7-13)22(30)28-20-18(25)16(23)11-17(24)19(20)26/h2-11,21H,1H3,(H,27,29)(H,28,30). The number of hydrogen-bond donors (Lipinski definition) is 2. The van der Waals surface area contributed by atoms with Crippen molar-refractivity contribution in [3.63, 3.8) is 0 Å². The molecule has 0 aliphatic heterocycles. The summed E-state index contributed by atoms with van der Waals surface area (Å²) in [5.74, 6) is -7.81. The normalized spacial score (nSPS) is 11.6. The first-order valence-corrected chi connectivity index (χ1v) is 9.87. The van der Waals surface area contributed by atoms with Crippen molar-refractivity contribution < 1.29 is 27.2 Å². The molecular weight excluding hydrogens is 432 g/mol. The van der Waals surface area contributed by atoms with Crippen molar-refractivity contribution in [1.29, 1.82) is 0 Å². The predicted octanol–water partition coefficient (Wildman–Crippen LogP) is 5.67. The van der Waals surface area contributed by atoms with Crippen LogP contribution in [0, 0.1) is 23.3 Å². The van der Waals surface area contributed by atoms with Crippen LogP contribution in [0.25, 0.3) is 0 Å². The van der Waals surface area contributed by atoms with Crippen LogP contribution in [0.1, 0.15) is 17.7 Å². The summed E-state index contributed by atoms with van der Waals surface area (Å²) in [5.41, 5.74) is -0.211. The number of thioether (sulfide) groups is 1. The van der Waals surface area contributed by atoms with Crippen LogP contribution in [0.5, 0.6) is 0 Å². The molecule has 3 rings (SSSR count). The van der Waals surface area contributed by atoms with Crippen molar-refractivity contribution in [2.45, 2.75) is 17.1 Å². The first kappa shape index (κ1) is 22.4. The first-order valence-electron chi connectivity index (χ1n) is 8.99. The second kappa shape index (κ2) is 9.65. The summed E-state index contributed by atoms with van der Waals surface area (Å²) in [4.78, 5) is 24.8. The third-order valence-electron chi connectivity index (χ3n) is 4.11. The maximum atomic E-state index is 14.0. The molecular formula is C22H16F4N2O2S. The van der Waals surface area contributed by atoms with Gasteiger partial charge in [0.25, 0.3) is 0 Å². The largest absolute Gasteiger partial charge is 0.326 e. The fraction of sp³-hybridized carbons (Fsp3) is 0.0909. The second-order valence-corrected chi connectivity index (χ2v) is 7.63. The molecule has 4 nitrogen and oxygen atoms in total. The molecule has 0 radical (unpaired) electrons. The molecule has 0 fully saturated rings. The van der Waals surface area contributed by atoms with Gasteiger partial charge in [0.15, 0.2) is 23.3 Å². The average Bonchev–Trinajstić information content (AvgIpc) is 2.74. The number of amides is 2. The van der Waals surface area contributed by atoms with Crippen LogP contribution < -0.4 is 10.6 Å². The number of carbonyl (C=O) groups excluding carboxylic acids is 2. The van der Waals surface area contributed by atoms with Gasteiger partial charge in [-0.15, -0.1) is 11.8 Å². The van der Waals surface area contributed by atoms with Gasteiger partial charge in [0, 0.05) is 23.6 Å². The van der Waals surface area contributed by atoms with Crippen molar-refractivity contribution in [2.75, 3.05) is 10.6 Å². The lowest BCUT2D eigenvalue weighted by atomic mass is 10.1. The molecule has 0 saturated heterocycles. The molecule has 0 aliphatic rings. The minimum Gasteiger partial charge on any atom is -0.326 e. The highest BCUT2D eigenvalue weighted by Gasteiger charge is 2.27. The van der Waals surface area contributed by atoms with Gasteiger partial charge < -0.3 is 10.6 Å². The average molecular weight is 448 g/mol. The lowest BCUT2D eigenvalue weighted by Gasteiger charge is -2.18. The van der Waals surface area contributed by atoms with Crippen LogP contribution in [0.15, 0.2) is 65.6 Å². The van der Waals surface area contributed by atoms with Gasteiger partial charge in [-0.2, -0.15) is 0 Å². The van der Waals surface area contributed by atoms with E-state index in [1.54, 1.807) is 54.6 Å². The van der Waals surface area contributed by atoms with Crippen molar-refractivity contribution in [2.24, 2.45) is 0 Å².